The zero-order valence-corrected chi connectivity index (χ0v) is 10.5. The molecule has 3 aliphatic carbocycles. The lowest BCUT2D eigenvalue weighted by Gasteiger charge is -2.20. The molecule has 3 rings (SSSR count). The van der Waals surface area contributed by atoms with Gasteiger partial charge in [0.25, 0.3) is 0 Å². The summed E-state index contributed by atoms with van der Waals surface area (Å²) >= 11 is 0. The van der Waals surface area contributed by atoms with Gasteiger partial charge < -0.3 is 0 Å². The van der Waals surface area contributed by atoms with Gasteiger partial charge in [0.15, 0.2) is 0 Å². The van der Waals surface area contributed by atoms with Crippen molar-refractivity contribution in [1.82, 2.24) is 0 Å². The molecule has 0 saturated heterocycles. The molecule has 0 radical (unpaired) electrons. The summed E-state index contributed by atoms with van der Waals surface area (Å²) in [5, 5.41) is 0. The van der Waals surface area contributed by atoms with Crippen LogP contribution in [0.5, 0.6) is 0 Å². The minimum atomic E-state index is 0.634. The Bertz CT molecular complexity index is 308. The molecule has 0 heterocycles. The molecule has 0 amide bonds. The molecular weight excluding hydrogens is 180 g/mol. The predicted octanol–water partition coefficient (Wildman–Crippen LogP) is 4.56. The topological polar surface area (TPSA) is 0 Å². The Balaban J connectivity index is 1.92. The maximum atomic E-state index is 2.47. The Labute approximate surface area is 94.1 Å². The Morgan fingerprint density at radius 1 is 1.27 bits per heavy atom. The lowest BCUT2D eigenvalue weighted by Crippen LogP contribution is -2.08. The van der Waals surface area contributed by atoms with Gasteiger partial charge in [-0.1, -0.05) is 31.9 Å². The van der Waals surface area contributed by atoms with Gasteiger partial charge in [-0.25, -0.2) is 0 Å². The monoisotopic (exact) mass is 204 g/mol. The fraction of sp³-hybridized carbons (Fsp3) is 0.867. The zero-order chi connectivity index (χ0) is 10.6. The Hall–Kier alpha value is -0.260. The molecular formula is C15H24. The largest absolute Gasteiger partial charge is 0.0707 e. The van der Waals surface area contributed by atoms with Gasteiger partial charge in [-0.3, -0.25) is 0 Å². The number of hydrogen-bond acceptors (Lipinski definition) is 0. The number of allylic oxidation sites excluding steroid dienone is 2. The third kappa shape index (κ3) is 1.40. The Kier molecular flexibility index (Phi) is 2.06. The van der Waals surface area contributed by atoms with Crippen molar-refractivity contribution in [3.8, 4) is 0 Å². The Morgan fingerprint density at radius 3 is 2.80 bits per heavy atom. The molecule has 0 bridgehead atoms. The second-order valence-electron chi connectivity index (χ2n) is 6.82. The van der Waals surface area contributed by atoms with Gasteiger partial charge in [0.1, 0.15) is 0 Å². The van der Waals surface area contributed by atoms with E-state index in [9.17, 15) is 0 Å². The lowest BCUT2D eigenvalue weighted by molar-refractivity contribution is 0.340. The zero-order valence-electron chi connectivity index (χ0n) is 10.5. The average Bonchev–Trinajstić information content (AvgIpc) is 2.73. The minimum absolute atomic E-state index is 0.634. The summed E-state index contributed by atoms with van der Waals surface area (Å²) in [6, 6.07) is 0. The van der Waals surface area contributed by atoms with Crippen molar-refractivity contribution in [3.05, 3.63) is 11.1 Å². The minimum Gasteiger partial charge on any atom is -0.0707 e. The quantitative estimate of drug-likeness (QED) is 0.549. The lowest BCUT2D eigenvalue weighted by atomic mass is 9.85. The van der Waals surface area contributed by atoms with Crippen LogP contribution >= 0.6 is 0 Å². The first-order valence-corrected chi connectivity index (χ1v) is 6.82. The van der Waals surface area contributed by atoms with E-state index < -0.39 is 0 Å². The SMILES string of the molecule is CCC1=C2[C@H](CC1)C[C@H]1CC(C)(C)C[C@@H]21. The van der Waals surface area contributed by atoms with Crippen molar-refractivity contribution in [1.29, 1.82) is 0 Å². The van der Waals surface area contributed by atoms with Crippen LogP contribution in [0.25, 0.3) is 0 Å². The molecule has 0 N–H and O–H groups in total. The fourth-order valence-corrected chi connectivity index (χ4v) is 4.80. The van der Waals surface area contributed by atoms with Crippen LogP contribution in [0.2, 0.25) is 0 Å². The molecule has 2 fully saturated rings. The first kappa shape index (κ1) is 9.93. The highest BCUT2D eigenvalue weighted by Gasteiger charge is 2.49. The van der Waals surface area contributed by atoms with Crippen LogP contribution in [0, 0.1) is 23.2 Å². The number of fused-ring (bicyclic) bond motifs is 3. The van der Waals surface area contributed by atoms with Crippen LogP contribution in [0.15, 0.2) is 11.1 Å². The molecule has 0 aromatic heterocycles. The summed E-state index contributed by atoms with van der Waals surface area (Å²) in [7, 11) is 0. The summed E-state index contributed by atoms with van der Waals surface area (Å²) in [5.41, 5.74) is 4.44. The maximum absolute atomic E-state index is 2.47. The van der Waals surface area contributed by atoms with Gasteiger partial charge in [0.2, 0.25) is 0 Å². The van der Waals surface area contributed by atoms with Crippen molar-refractivity contribution in [2.24, 2.45) is 23.2 Å². The van der Waals surface area contributed by atoms with Gasteiger partial charge in [0, 0.05) is 0 Å². The van der Waals surface area contributed by atoms with E-state index >= 15 is 0 Å². The molecule has 0 heteroatoms. The number of hydrogen-bond donors (Lipinski definition) is 0. The van der Waals surface area contributed by atoms with Crippen molar-refractivity contribution >= 4 is 0 Å². The molecule has 0 spiro atoms. The molecule has 0 unspecified atom stereocenters. The van der Waals surface area contributed by atoms with E-state index in [1.807, 2.05) is 11.1 Å². The first-order chi connectivity index (χ1) is 7.11. The molecule has 2 saturated carbocycles. The van der Waals surface area contributed by atoms with Crippen LogP contribution in [0.1, 0.15) is 59.3 Å². The maximum Gasteiger partial charge on any atom is -0.0164 e. The van der Waals surface area contributed by atoms with Gasteiger partial charge >= 0.3 is 0 Å². The molecule has 0 nitrogen and oxygen atoms in total. The van der Waals surface area contributed by atoms with Crippen molar-refractivity contribution in [2.45, 2.75) is 59.3 Å². The highest BCUT2D eigenvalue weighted by molar-refractivity contribution is 5.31. The second kappa shape index (κ2) is 3.12. The van der Waals surface area contributed by atoms with E-state index in [-0.39, 0.29) is 0 Å². The van der Waals surface area contributed by atoms with Gasteiger partial charge in [-0.15, -0.1) is 0 Å². The molecule has 15 heavy (non-hydrogen) atoms. The van der Waals surface area contributed by atoms with E-state index in [1.165, 1.54) is 38.5 Å². The first-order valence-electron chi connectivity index (χ1n) is 6.82. The standard InChI is InChI=1S/C15H24/c1-4-10-5-6-11-7-12-8-15(2,3)9-13(12)14(10)11/h11-13H,4-9H2,1-3H3/t11-,12+,13-/m1/s1. The molecule has 84 valence electrons. The molecule has 0 aromatic rings. The van der Waals surface area contributed by atoms with Crippen LogP contribution in [-0.4, -0.2) is 0 Å². The van der Waals surface area contributed by atoms with E-state index in [2.05, 4.69) is 20.8 Å². The summed E-state index contributed by atoms with van der Waals surface area (Å²) in [5.74, 6) is 3.08. The van der Waals surface area contributed by atoms with E-state index in [0.717, 1.165) is 17.8 Å². The average molecular weight is 204 g/mol. The van der Waals surface area contributed by atoms with Crippen LogP contribution in [-0.2, 0) is 0 Å². The third-order valence-electron chi connectivity index (χ3n) is 5.21. The van der Waals surface area contributed by atoms with Gasteiger partial charge in [-0.2, -0.15) is 0 Å². The highest BCUT2D eigenvalue weighted by atomic mass is 14.5. The molecule has 3 aliphatic rings. The predicted molar refractivity (Wildman–Crippen MR) is 64.7 cm³/mol. The van der Waals surface area contributed by atoms with E-state index in [4.69, 9.17) is 0 Å². The second-order valence-corrected chi connectivity index (χ2v) is 6.82. The summed E-state index contributed by atoms with van der Waals surface area (Å²) in [6.45, 7) is 7.31. The van der Waals surface area contributed by atoms with Crippen molar-refractivity contribution < 1.29 is 0 Å². The van der Waals surface area contributed by atoms with Gasteiger partial charge in [-0.05, 0) is 61.7 Å². The summed E-state index contributed by atoms with van der Waals surface area (Å²) in [4.78, 5) is 0. The Morgan fingerprint density at radius 2 is 2.07 bits per heavy atom. The van der Waals surface area contributed by atoms with Crippen LogP contribution in [0.3, 0.4) is 0 Å². The van der Waals surface area contributed by atoms with Crippen LogP contribution in [0.4, 0.5) is 0 Å². The summed E-state index contributed by atoms with van der Waals surface area (Å²) < 4.78 is 0. The fourth-order valence-electron chi connectivity index (χ4n) is 4.80. The molecule has 0 aliphatic heterocycles. The van der Waals surface area contributed by atoms with Gasteiger partial charge in [0.05, 0.1) is 0 Å². The van der Waals surface area contributed by atoms with Crippen molar-refractivity contribution in [2.75, 3.05) is 0 Å². The highest BCUT2D eigenvalue weighted by Crippen LogP contribution is 2.60. The van der Waals surface area contributed by atoms with Crippen LogP contribution < -0.4 is 0 Å². The molecule has 0 aromatic carbocycles. The van der Waals surface area contributed by atoms with E-state index in [0.29, 0.717) is 5.41 Å². The summed E-state index contributed by atoms with van der Waals surface area (Å²) in [6.07, 6.45) is 8.76. The van der Waals surface area contributed by atoms with Crippen molar-refractivity contribution in [3.63, 3.8) is 0 Å². The normalized spacial score (nSPS) is 42.2. The smallest absolute Gasteiger partial charge is 0.0164 e. The third-order valence-corrected chi connectivity index (χ3v) is 5.21. The van der Waals surface area contributed by atoms with E-state index in [1.54, 1.807) is 0 Å². The molecule has 3 atom stereocenters. The number of rotatable bonds is 1.